The van der Waals surface area contributed by atoms with Gasteiger partial charge in [-0.15, -0.1) is 11.3 Å². The molecule has 1 aromatic rings. The molecule has 0 radical (unpaired) electrons. The van der Waals surface area contributed by atoms with Gasteiger partial charge in [0.05, 0.1) is 17.8 Å². The van der Waals surface area contributed by atoms with Crippen LogP contribution >= 0.6 is 11.3 Å². The van der Waals surface area contributed by atoms with Gasteiger partial charge in [-0.05, 0) is 25.7 Å². The summed E-state index contributed by atoms with van der Waals surface area (Å²) < 4.78 is 4.89. The van der Waals surface area contributed by atoms with E-state index in [1.54, 1.807) is 11.3 Å². The molecule has 1 heterocycles. The zero-order valence-electron chi connectivity index (χ0n) is 10.1. The van der Waals surface area contributed by atoms with Crippen molar-refractivity contribution in [2.45, 2.75) is 49.9 Å². The van der Waals surface area contributed by atoms with Crippen LogP contribution in [0.3, 0.4) is 0 Å². The van der Waals surface area contributed by atoms with Gasteiger partial charge < -0.3 is 4.74 Å². The Balaban J connectivity index is 1.83. The number of aromatic nitrogens is 1. The van der Waals surface area contributed by atoms with Crippen LogP contribution in [0.4, 0.5) is 0 Å². The number of hydrogen-bond donors (Lipinski definition) is 0. The maximum Gasteiger partial charge on any atom is 0.317 e. The molecular formula is C13H17NO2S. The number of rotatable bonds is 3. The van der Waals surface area contributed by atoms with Crippen molar-refractivity contribution in [3.8, 4) is 0 Å². The number of nitrogens with zero attached hydrogens (tertiary/aromatic N) is 1. The summed E-state index contributed by atoms with van der Waals surface area (Å²) in [6.07, 6.45) is 6.96. The lowest BCUT2D eigenvalue weighted by molar-refractivity contribution is -0.143. The van der Waals surface area contributed by atoms with E-state index in [1.807, 2.05) is 0 Å². The van der Waals surface area contributed by atoms with Gasteiger partial charge in [-0.3, -0.25) is 4.79 Å². The molecule has 2 saturated carbocycles. The fourth-order valence-electron chi connectivity index (χ4n) is 2.75. The van der Waals surface area contributed by atoms with E-state index in [0.29, 0.717) is 5.92 Å². The Kier molecular flexibility index (Phi) is 2.69. The van der Waals surface area contributed by atoms with E-state index in [-0.39, 0.29) is 11.4 Å². The quantitative estimate of drug-likeness (QED) is 0.775. The summed E-state index contributed by atoms with van der Waals surface area (Å²) in [6, 6.07) is 0. The van der Waals surface area contributed by atoms with Crippen LogP contribution in [-0.2, 0) is 14.9 Å². The smallest absolute Gasteiger partial charge is 0.317 e. The number of carbonyl (C=O) groups excluding carboxylic acids is 1. The zero-order valence-corrected chi connectivity index (χ0v) is 10.9. The lowest BCUT2D eigenvalue weighted by Crippen LogP contribution is -2.22. The minimum absolute atomic E-state index is 0.110. The summed E-state index contributed by atoms with van der Waals surface area (Å²) >= 11 is 1.72. The van der Waals surface area contributed by atoms with Gasteiger partial charge in [0.1, 0.15) is 5.41 Å². The summed E-state index contributed by atoms with van der Waals surface area (Å²) in [6.45, 7) is 0. The summed E-state index contributed by atoms with van der Waals surface area (Å²) in [7, 11) is 1.46. The molecule has 17 heavy (non-hydrogen) atoms. The summed E-state index contributed by atoms with van der Waals surface area (Å²) in [5, 5.41) is 3.30. The molecule has 2 aliphatic rings. The van der Waals surface area contributed by atoms with E-state index in [1.165, 1.54) is 37.8 Å². The Hall–Kier alpha value is -0.900. The van der Waals surface area contributed by atoms with Crippen molar-refractivity contribution in [2.24, 2.45) is 0 Å². The van der Waals surface area contributed by atoms with Gasteiger partial charge >= 0.3 is 5.97 Å². The molecule has 2 aliphatic carbocycles. The fourth-order valence-corrected chi connectivity index (χ4v) is 3.84. The molecule has 4 heteroatoms. The topological polar surface area (TPSA) is 39.2 Å². The minimum Gasteiger partial charge on any atom is -0.468 e. The van der Waals surface area contributed by atoms with Gasteiger partial charge in [0.15, 0.2) is 0 Å². The van der Waals surface area contributed by atoms with Crippen LogP contribution in [0.1, 0.15) is 55.1 Å². The van der Waals surface area contributed by atoms with E-state index in [2.05, 4.69) is 5.38 Å². The first-order valence-electron chi connectivity index (χ1n) is 6.30. The Morgan fingerprint density at radius 2 is 2.18 bits per heavy atom. The molecule has 0 spiro atoms. The molecule has 0 N–H and O–H groups in total. The third-order valence-corrected chi connectivity index (χ3v) is 5.05. The summed E-state index contributed by atoms with van der Waals surface area (Å²) in [5.74, 6) is 0.531. The van der Waals surface area contributed by atoms with Gasteiger partial charge in [-0.1, -0.05) is 12.8 Å². The molecule has 0 bridgehead atoms. The van der Waals surface area contributed by atoms with Gasteiger partial charge in [0.25, 0.3) is 0 Å². The number of ether oxygens (including phenoxy) is 1. The Labute approximate surface area is 105 Å². The average molecular weight is 251 g/mol. The molecular weight excluding hydrogens is 234 g/mol. The molecule has 0 atom stereocenters. The number of methoxy groups -OCH3 is 1. The van der Waals surface area contributed by atoms with Crippen molar-refractivity contribution in [2.75, 3.05) is 7.11 Å². The Morgan fingerprint density at radius 1 is 1.47 bits per heavy atom. The van der Waals surface area contributed by atoms with Crippen molar-refractivity contribution >= 4 is 17.3 Å². The van der Waals surface area contributed by atoms with Crippen molar-refractivity contribution in [3.05, 3.63) is 16.1 Å². The summed E-state index contributed by atoms with van der Waals surface area (Å²) in [5.41, 5.74) is 0.568. The van der Waals surface area contributed by atoms with Gasteiger partial charge in [0, 0.05) is 11.3 Å². The van der Waals surface area contributed by atoms with E-state index in [4.69, 9.17) is 9.72 Å². The molecule has 2 fully saturated rings. The van der Waals surface area contributed by atoms with Crippen LogP contribution in [-0.4, -0.2) is 18.1 Å². The lowest BCUT2D eigenvalue weighted by Gasteiger charge is -2.09. The molecule has 0 unspecified atom stereocenters. The highest BCUT2D eigenvalue weighted by Crippen LogP contribution is 2.50. The first kappa shape index (κ1) is 11.2. The third-order valence-electron chi connectivity index (χ3n) is 4.04. The lowest BCUT2D eigenvalue weighted by atomic mass is 10.0. The largest absolute Gasteiger partial charge is 0.468 e. The van der Waals surface area contributed by atoms with Crippen molar-refractivity contribution in [3.63, 3.8) is 0 Å². The SMILES string of the molecule is COC(=O)C1(c2csc(C3CCCC3)n2)CC1. The van der Waals surface area contributed by atoms with E-state index < -0.39 is 0 Å². The molecule has 0 saturated heterocycles. The highest BCUT2D eigenvalue weighted by molar-refractivity contribution is 7.09. The second kappa shape index (κ2) is 4.09. The molecule has 3 nitrogen and oxygen atoms in total. The van der Waals surface area contributed by atoms with Gasteiger partial charge in [-0.25, -0.2) is 4.98 Å². The van der Waals surface area contributed by atoms with Crippen LogP contribution in [0.15, 0.2) is 5.38 Å². The molecule has 0 amide bonds. The Bertz CT molecular complexity index is 430. The molecule has 0 aliphatic heterocycles. The highest BCUT2D eigenvalue weighted by Gasteiger charge is 2.54. The van der Waals surface area contributed by atoms with Gasteiger partial charge in [-0.2, -0.15) is 0 Å². The predicted octanol–water partition coefficient (Wildman–Crippen LogP) is 3.01. The number of thiazole rings is 1. The first-order chi connectivity index (χ1) is 8.26. The monoisotopic (exact) mass is 251 g/mol. The van der Waals surface area contributed by atoms with Crippen LogP contribution in [0, 0.1) is 0 Å². The second-order valence-corrected chi connectivity index (χ2v) is 6.02. The maximum atomic E-state index is 11.8. The minimum atomic E-state index is -0.387. The first-order valence-corrected chi connectivity index (χ1v) is 7.18. The van der Waals surface area contributed by atoms with Crippen LogP contribution < -0.4 is 0 Å². The van der Waals surface area contributed by atoms with Gasteiger partial charge in [0.2, 0.25) is 0 Å². The normalized spacial score (nSPS) is 22.6. The third kappa shape index (κ3) is 1.79. The maximum absolute atomic E-state index is 11.8. The number of carbonyl (C=O) groups is 1. The fraction of sp³-hybridized carbons (Fsp3) is 0.692. The van der Waals surface area contributed by atoms with Crippen LogP contribution in [0.25, 0.3) is 0 Å². The van der Waals surface area contributed by atoms with Crippen LogP contribution in [0.2, 0.25) is 0 Å². The predicted molar refractivity (Wildman–Crippen MR) is 66.3 cm³/mol. The van der Waals surface area contributed by atoms with Crippen molar-refractivity contribution < 1.29 is 9.53 Å². The van der Waals surface area contributed by atoms with E-state index in [0.717, 1.165) is 18.5 Å². The molecule has 3 rings (SSSR count). The highest BCUT2D eigenvalue weighted by atomic mass is 32.1. The van der Waals surface area contributed by atoms with E-state index in [9.17, 15) is 4.79 Å². The second-order valence-electron chi connectivity index (χ2n) is 5.13. The standard InChI is InChI=1S/C13H17NO2S/c1-16-12(15)13(6-7-13)10-8-17-11(14-10)9-4-2-3-5-9/h8-9H,2-7H2,1H3. The van der Waals surface area contributed by atoms with Crippen molar-refractivity contribution in [1.82, 2.24) is 4.98 Å². The van der Waals surface area contributed by atoms with E-state index >= 15 is 0 Å². The zero-order chi connectivity index (χ0) is 11.9. The molecule has 0 aromatic carbocycles. The molecule has 1 aromatic heterocycles. The van der Waals surface area contributed by atoms with Crippen LogP contribution in [0.5, 0.6) is 0 Å². The molecule has 92 valence electrons. The Morgan fingerprint density at radius 3 is 2.76 bits per heavy atom. The average Bonchev–Trinajstić information content (AvgIpc) is 2.84. The number of esters is 1. The number of hydrogen-bond acceptors (Lipinski definition) is 4. The van der Waals surface area contributed by atoms with Crippen molar-refractivity contribution in [1.29, 1.82) is 0 Å². The summed E-state index contributed by atoms with van der Waals surface area (Å²) in [4.78, 5) is 16.5.